The largest absolute Gasteiger partial charge is 0.432 e. The van der Waals surface area contributed by atoms with E-state index in [1.54, 1.807) is 0 Å². The third-order valence-corrected chi connectivity index (χ3v) is 24.8. The number of allylic oxidation sites excluding steroid dienone is 2. The van der Waals surface area contributed by atoms with Gasteiger partial charge in [-0.2, -0.15) is 0 Å². The van der Waals surface area contributed by atoms with E-state index in [0.717, 1.165) is 25.7 Å². The Morgan fingerprint density at radius 2 is 1.05 bits per heavy atom. The fourth-order valence-corrected chi connectivity index (χ4v) is 18.8. The Morgan fingerprint density at radius 1 is 0.511 bits per heavy atom. The zero-order valence-corrected chi connectivity index (χ0v) is 54.6. The predicted molar refractivity (Wildman–Crippen MR) is 315 cm³/mol. The van der Waals surface area contributed by atoms with Gasteiger partial charge in [0.2, 0.25) is 6.29 Å². The van der Waals surface area contributed by atoms with Crippen LogP contribution in [0.25, 0.3) is 0 Å². The SMILES string of the molecule is C[C@@H]1O[C@@H](O[C@@H]2[C@@H](O)[C@H](O[C@H]3CC[C@]4(C)[C@H]5CC=C6[C@@H]7CC(C)(C)CC[C@]7(C(=O)O[C@@H]7O[C@H](CO[C@@H]8O[C@H](CO)[C@@H](O)[C@H](O)[C@H]8O)[C@@H](O)[C@H](O)[C@H]7O)CC[C@@]6(C)[C@]5(C)CC[C@H]4C3(C)C)OC[C@@H]2O)[C@H](O)[C@H](O[C@@H]2OC[C@@H](O[C@@H]3O[C@H](CO)[C@@H](O)[C@H](O)[C@H]3O)[C@H](O)[C@H]2O)[C@H]1O. The summed E-state index contributed by atoms with van der Waals surface area (Å²) in [6, 6.07) is 0. The summed E-state index contributed by atoms with van der Waals surface area (Å²) in [5.74, 6) is -0.537. The standard InChI is InChI=1S/C64H104O30/c1-25-36(68)51(93-53-44(76)40(72)32(24-85-53)89-55-46(78)42(74)38(70)30(21-66)88-55)49(81)57(86-25)92-50-28(67)22-83-54(48(50)80)91-35-12-13-61(6)33(60(35,4)5)11-14-63(8)34(61)10-9-26-27-19-59(2,3)15-17-64(27,18-16-62(26,63)7)58(82)94-56-47(79)43(75)39(71)31(90-56)23-84-52-45(77)41(73)37(69)29(20-65)87-52/h9,25,27-57,65-81H,10-24H2,1-8H3/t25-,27-,28-,29+,30+,31+,32+,33-,34+,35-,36-,37+,38+,39+,40-,41-,42-,43-,44+,45+,46+,47+,48+,49+,50-,51+,52+,53-,54-,55-,56-,57-,61-,62+,63+,64-/m0/s1. The molecule has 0 aromatic carbocycles. The Kier molecular flexibility index (Phi) is 21.4. The summed E-state index contributed by atoms with van der Waals surface area (Å²) in [6.45, 7) is 14.5. The zero-order valence-electron chi connectivity index (χ0n) is 54.6. The van der Waals surface area contributed by atoms with Crippen LogP contribution in [-0.2, 0) is 61.6 Å². The number of carbonyl (C=O) groups excluding carboxylic acids is 1. The van der Waals surface area contributed by atoms with Crippen LogP contribution in [0.1, 0.15) is 120 Å². The van der Waals surface area contributed by atoms with Crippen molar-refractivity contribution in [3.63, 3.8) is 0 Å². The number of hydrogen-bond acceptors (Lipinski definition) is 30. The molecule has 4 saturated carbocycles. The van der Waals surface area contributed by atoms with E-state index in [0.29, 0.717) is 38.5 Å². The van der Waals surface area contributed by atoms with Gasteiger partial charge in [-0.05, 0) is 116 Å². The van der Waals surface area contributed by atoms with Crippen molar-refractivity contribution in [1.82, 2.24) is 0 Å². The van der Waals surface area contributed by atoms with E-state index in [1.165, 1.54) is 12.5 Å². The molecule has 10 fully saturated rings. The van der Waals surface area contributed by atoms with Crippen LogP contribution in [0.3, 0.4) is 0 Å². The van der Waals surface area contributed by atoms with Crippen LogP contribution in [0.15, 0.2) is 11.6 Å². The zero-order chi connectivity index (χ0) is 68.4. The van der Waals surface area contributed by atoms with Crippen molar-refractivity contribution >= 4 is 5.97 Å². The number of aliphatic hydroxyl groups is 17. The molecule has 0 aromatic rings. The third-order valence-electron chi connectivity index (χ3n) is 24.8. The highest BCUT2D eigenvalue weighted by Crippen LogP contribution is 2.76. The predicted octanol–water partition coefficient (Wildman–Crippen LogP) is -4.08. The van der Waals surface area contributed by atoms with Crippen LogP contribution in [-0.4, -0.2) is 304 Å². The molecule has 0 bridgehead atoms. The molecular formula is C64H104O30. The summed E-state index contributed by atoms with van der Waals surface area (Å²) in [5.41, 5.74) is -1.29. The molecule has 6 saturated heterocycles. The van der Waals surface area contributed by atoms with E-state index in [1.807, 2.05) is 0 Å². The molecule has 94 heavy (non-hydrogen) atoms. The van der Waals surface area contributed by atoms with E-state index >= 15 is 4.79 Å². The maximum Gasteiger partial charge on any atom is 0.315 e. The number of rotatable bonds is 15. The van der Waals surface area contributed by atoms with E-state index in [9.17, 15) is 86.8 Å². The number of hydrogen-bond donors (Lipinski definition) is 17. The number of carbonyl (C=O) groups is 1. The van der Waals surface area contributed by atoms with Crippen LogP contribution in [0.4, 0.5) is 0 Å². The maximum atomic E-state index is 15.2. The average Bonchev–Trinajstić information content (AvgIpc) is 0.676. The van der Waals surface area contributed by atoms with Gasteiger partial charge in [0.05, 0.1) is 50.7 Å². The number of aliphatic hydroxyl groups excluding tert-OH is 17. The highest BCUT2D eigenvalue weighted by molar-refractivity contribution is 5.79. The van der Waals surface area contributed by atoms with Crippen molar-refractivity contribution in [2.45, 2.75) is 298 Å². The minimum Gasteiger partial charge on any atom is -0.432 e. The van der Waals surface area contributed by atoms with Gasteiger partial charge in [0, 0.05) is 0 Å². The lowest BCUT2D eigenvalue weighted by Crippen LogP contribution is -2.66. The first-order valence-electron chi connectivity index (χ1n) is 33.5. The van der Waals surface area contributed by atoms with E-state index in [4.69, 9.17) is 56.8 Å². The summed E-state index contributed by atoms with van der Waals surface area (Å²) in [6.07, 6.45) is -36.7. The minimum atomic E-state index is -1.90. The molecule has 5 aliphatic carbocycles. The molecule has 11 aliphatic rings. The smallest absolute Gasteiger partial charge is 0.315 e. The highest BCUT2D eigenvalue weighted by Gasteiger charge is 2.70. The van der Waals surface area contributed by atoms with Gasteiger partial charge in [-0.15, -0.1) is 0 Å². The Labute approximate surface area is 545 Å². The number of ether oxygens (including phenoxy) is 12. The Hall–Kier alpha value is -1.91. The fourth-order valence-electron chi connectivity index (χ4n) is 18.8. The number of esters is 1. The Balaban J connectivity index is 0.735. The van der Waals surface area contributed by atoms with Crippen LogP contribution >= 0.6 is 0 Å². The molecule has 30 heteroatoms. The second-order valence-corrected chi connectivity index (χ2v) is 31.0. The lowest BCUT2D eigenvalue weighted by Gasteiger charge is -2.71. The molecule has 36 atom stereocenters. The summed E-state index contributed by atoms with van der Waals surface area (Å²) in [7, 11) is 0. The molecule has 0 spiro atoms. The first kappa shape index (κ1) is 73.3. The second-order valence-electron chi connectivity index (χ2n) is 31.0. The first-order chi connectivity index (χ1) is 44.1. The molecule has 30 nitrogen and oxygen atoms in total. The van der Waals surface area contributed by atoms with Crippen molar-refractivity contribution < 1.29 is 148 Å². The molecule has 11 rings (SSSR count). The van der Waals surface area contributed by atoms with Crippen LogP contribution < -0.4 is 0 Å². The third kappa shape index (κ3) is 12.6. The second kappa shape index (κ2) is 27.5. The first-order valence-corrected chi connectivity index (χ1v) is 33.5. The normalized spacial score (nSPS) is 54.2. The van der Waals surface area contributed by atoms with E-state index in [2.05, 4.69) is 54.5 Å². The monoisotopic (exact) mass is 1350 g/mol. The molecule has 0 aromatic heterocycles. The Morgan fingerprint density at radius 3 is 1.71 bits per heavy atom. The van der Waals surface area contributed by atoms with Gasteiger partial charge >= 0.3 is 5.97 Å². The van der Waals surface area contributed by atoms with Gasteiger partial charge in [0.1, 0.15) is 128 Å². The van der Waals surface area contributed by atoms with Crippen LogP contribution in [0.5, 0.6) is 0 Å². The molecule has 0 unspecified atom stereocenters. The maximum absolute atomic E-state index is 15.2. The molecule has 0 amide bonds. The summed E-state index contributed by atoms with van der Waals surface area (Å²) in [4.78, 5) is 15.2. The van der Waals surface area contributed by atoms with E-state index < -0.39 is 221 Å². The van der Waals surface area contributed by atoms with E-state index in [-0.39, 0.29) is 46.0 Å². The lowest BCUT2D eigenvalue weighted by molar-refractivity contribution is -0.377. The Bertz CT molecular complexity index is 2640. The highest BCUT2D eigenvalue weighted by atomic mass is 16.8. The lowest BCUT2D eigenvalue weighted by atomic mass is 9.33. The number of fused-ring (bicyclic) bond motifs is 7. The van der Waals surface area contributed by atoms with Crippen molar-refractivity contribution in [3.05, 3.63) is 11.6 Å². The fraction of sp³-hybridized carbons (Fsp3) is 0.953. The summed E-state index contributed by atoms with van der Waals surface area (Å²) < 4.78 is 70.7. The molecule has 6 aliphatic heterocycles. The van der Waals surface area contributed by atoms with Crippen LogP contribution in [0.2, 0.25) is 0 Å². The van der Waals surface area contributed by atoms with Crippen molar-refractivity contribution in [1.29, 1.82) is 0 Å². The van der Waals surface area contributed by atoms with Gasteiger partial charge < -0.3 is 144 Å². The molecule has 17 N–H and O–H groups in total. The van der Waals surface area contributed by atoms with Gasteiger partial charge in [0.25, 0.3) is 0 Å². The molecule has 6 heterocycles. The average molecular weight is 1350 g/mol. The van der Waals surface area contributed by atoms with Gasteiger partial charge in [-0.3, -0.25) is 4.79 Å². The minimum absolute atomic E-state index is 0.117. The molecular weight excluding hydrogens is 1250 g/mol. The summed E-state index contributed by atoms with van der Waals surface area (Å²) >= 11 is 0. The summed E-state index contributed by atoms with van der Waals surface area (Å²) in [5, 5.41) is 183. The van der Waals surface area contributed by atoms with Gasteiger partial charge in [-0.1, -0.05) is 60.1 Å². The van der Waals surface area contributed by atoms with Crippen molar-refractivity contribution in [3.8, 4) is 0 Å². The quantitative estimate of drug-likeness (QED) is 0.0421. The van der Waals surface area contributed by atoms with Crippen molar-refractivity contribution in [2.75, 3.05) is 33.0 Å². The van der Waals surface area contributed by atoms with Gasteiger partial charge in [-0.25, -0.2) is 0 Å². The molecule has 0 radical (unpaired) electrons. The van der Waals surface area contributed by atoms with Gasteiger partial charge in [0.15, 0.2) is 31.5 Å². The van der Waals surface area contributed by atoms with Crippen LogP contribution in [0, 0.1) is 50.2 Å². The topological polar surface area (TPSA) is 472 Å². The molecule has 540 valence electrons. The van der Waals surface area contributed by atoms with Crippen molar-refractivity contribution in [2.24, 2.45) is 50.2 Å².